The van der Waals surface area contributed by atoms with Gasteiger partial charge in [-0.1, -0.05) is 12.8 Å². The van der Waals surface area contributed by atoms with Crippen molar-refractivity contribution in [2.45, 2.75) is 51.1 Å². The summed E-state index contributed by atoms with van der Waals surface area (Å²) in [5.74, 6) is 0.0119. The zero-order chi connectivity index (χ0) is 11.5. The van der Waals surface area contributed by atoms with Gasteiger partial charge in [-0.2, -0.15) is 0 Å². The Balaban J connectivity index is 2.57. The number of carbonyl (C=O) groups is 1. The quantitative estimate of drug-likeness (QED) is 0.633. The Morgan fingerprint density at radius 2 is 2.27 bits per heavy atom. The Hall–Kier alpha value is -0.610. The van der Waals surface area contributed by atoms with Crippen LogP contribution < -0.4 is 16.8 Å². The lowest BCUT2D eigenvalue weighted by Crippen LogP contribution is -2.54. The average molecular weight is 213 g/mol. The third-order valence-corrected chi connectivity index (χ3v) is 3.31. The van der Waals surface area contributed by atoms with Crippen LogP contribution in [0.15, 0.2) is 0 Å². The Bertz CT molecular complexity index is 228. The summed E-state index contributed by atoms with van der Waals surface area (Å²) in [4.78, 5) is 11.9. The predicted octanol–water partition coefficient (Wildman–Crippen LogP) is 0.357. The normalized spacial score (nSPS) is 33.5. The largest absolute Gasteiger partial charge is 0.352 e. The molecule has 1 saturated carbocycles. The molecule has 0 aliphatic heterocycles. The first-order valence-electron chi connectivity index (χ1n) is 5.76. The molecule has 1 amide bonds. The molecule has 15 heavy (non-hydrogen) atoms. The molecule has 0 aromatic heterocycles. The molecular weight excluding hydrogens is 190 g/mol. The molecule has 0 saturated heterocycles. The average Bonchev–Trinajstić information content (AvgIpc) is 2.16. The summed E-state index contributed by atoms with van der Waals surface area (Å²) in [6.07, 6.45) is 4.06. The summed E-state index contributed by atoms with van der Waals surface area (Å²) < 4.78 is 0. The standard InChI is InChI=1S/C11H23N3O/c1-8(7-12)14-10(15)9-5-3-4-6-11(9,2)13/h8-9H,3-7,12-13H2,1-2H3,(H,14,15)/t8-,9?,11?/m0/s1. The molecule has 0 heterocycles. The van der Waals surface area contributed by atoms with Gasteiger partial charge in [-0.3, -0.25) is 4.79 Å². The highest BCUT2D eigenvalue weighted by Crippen LogP contribution is 2.31. The van der Waals surface area contributed by atoms with Crippen molar-refractivity contribution in [1.29, 1.82) is 0 Å². The molecule has 2 unspecified atom stereocenters. The number of amides is 1. The lowest BCUT2D eigenvalue weighted by molar-refractivity contribution is -0.128. The van der Waals surface area contributed by atoms with Crippen LogP contribution in [0.3, 0.4) is 0 Å². The van der Waals surface area contributed by atoms with Gasteiger partial charge in [0.1, 0.15) is 0 Å². The monoisotopic (exact) mass is 213 g/mol. The number of carbonyl (C=O) groups excluding carboxylic acids is 1. The Labute approximate surface area is 91.8 Å². The minimum absolute atomic E-state index is 0.0372. The second-order valence-corrected chi connectivity index (χ2v) is 4.95. The van der Waals surface area contributed by atoms with Crippen LogP contribution in [0, 0.1) is 5.92 Å². The molecular formula is C11H23N3O. The van der Waals surface area contributed by atoms with Gasteiger partial charge in [0, 0.05) is 18.1 Å². The Morgan fingerprint density at radius 3 is 2.80 bits per heavy atom. The second-order valence-electron chi connectivity index (χ2n) is 4.95. The van der Waals surface area contributed by atoms with Gasteiger partial charge in [0.2, 0.25) is 5.91 Å². The maximum absolute atomic E-state index is 11.9. The smallest absolute Gasteiger partial charge is 0.225 e. The van der Waals surface area contributed by atoms with E-state index >= 15 is 0 Å². The molecule has 1 aliphatic carbocycles. The van der Waals surface area contributed by atoms with Crippen molar-refractivity contribution in [3.8, 4) is 0 Å². The van der Waals surface area contributed by atoms with E-state index in [1.807, 2.05) is 13.8 Å². The third-order valence-electron chi connectivity index (χ3n) is 3.31. The Kier molecular flexibility index (Phi) is 4.11. The van der Waals surface area contributed by atoms with E-state index in [2.05, 4.69) is 5.32 Å². The van der Waals surface area contributed by atoms with Crippen molar-refractivity contribution < 1.29 is 4.79 Å². The molecule has 0 aromatic rings. The van der Waals surface area contributed by atoms with Crippen molar-refractivity contribution >= 4 is 5.91 Å². The molecule has 0 spiro atoms. The van der Waals surface area contributed by atoms with Crippen LogP contribution in [0.5, 0.6) is 0 Å². The van der Waals surface area contributed by atoms with Crippen LogP contribution in [0.1, 0.15) is 39.5 Å². The van der Waals surface area contributed by atoms with Crippen molar-refractivity contribution in [2.24, 2.45) is 17.4 Å². The minimum atomic E-state index is -0.351. The van der Waals surface area contributed by atoms with Crippen molar-refractivity contribution in [3.63, 3.8) is 0 Å². The Morgan fingerprint density at radius 1 is 1.60 bits per heavy atom. The van der Waals surface area contributed by atoms with Gasteiger partial charge >= 0.3 is 0 Å². The van der Waals surface area contributed by atoms with Crippen LogP contribution in [0.25, 0.3) is 0 Å². The second kappa shape index (κ2) is 4.94. The van der Waals surface area contributed by atoms with Crippen LogP contribution >= 0.6 is 0 Å². The summed E-state index contributed by atoms with van der Waals surface area (Å²) >= 11 is 0. The van der Waals surface area contributed by atoms with E-state index in [9.17, 15) is 4.79 Å². The molecule has 3 atom stereocenters. The summed E-state index contributed by atoms with van der Waals surface area (Å²) in [6, 6.07) is 0.0372. The van der Waals surface area contributed by atoms with E-state index in [0.29, 0.717) is 6.54 Å². The van der Waals surface area contributed by atoms with Crippen molar-refractivity contribution in [3.05, 3.63) is 0 Å². The van der Waals surface area contributed by atoms with Crippen LogP contribution in [-0.4, -0.2) is 24.0 Å². The zero-order valence-electron chi connectivity index (χ0n) is 9.75. The fourth-order valence-electron chi connectivity index (χ4n) is 2.19. The van der Waals surface area contributed by atoms with E-state index in [4.69, 9.17) is 11.5 Å². The van der Waals surface area contributed by atoms with Gasteiger partial charge < -0.3 is 16.8 Å². The van der Waals surface area contributed by atoms with Gasteiger partial charge in [-0.15, -0.1) is 0 Å². The molecule has 0 aromatic carbocycles. The zero-order valence-corrected chi connectivity index (χ0v) is 9.75. The lowest BCUT2D eigenvalue weighted by atomic mass is 9.74. The van der Waals surface area contributed by atoms with Gasteiger partial charge in [0.25, 0.3) is 0 Å². The molecule has 5 N–H and O–H groups in total. The van der Waals surface area contributed by atoms with Gasteiger partial charge in [-0.05, 0) is 26.7 Å². The molecule has 88 valence electrons. The summed E-state index contributed by atoms with van der Waals surface area (Å²) in [5, 5.41) is 2.91. The molecule has 4 heteroatoms. The number of hydrogen-bond donors (Lipinski definition) is 3. The van der Waals surface area contributed by atoms with E-state index in [1.54, 1.807) is 0 Å². The van der Waals surface area contributed by atoms with E-state index in [1.165, 1.54) is 0 Å². The third kappa shape index (κ3) is 3.18. The van der Waals surface area contributed by atoms with E-state index in [0.717, 1.165) is 25.7 Å². The number of nitrogens with two attached hydrogens (primary N) is 2. The van der Waals surface area contributed by atoms with Gasteiger partial charge in [0.05, 0.1) is 5.92 Å². The van der Waals surface area contributed by atoms with E-state index < -0.39 is 0 Å². The topological polar surface area (TPSA) is 81.1 Å². The summed E-state index contributed by atoms with van der Waals surface area (Å²) in [7, 11) is 0. The maximum Gasteiger partial charge on any atom is 0.225 e. The first kappa shape index (κ1) is 12.5. The van der Waals surface area contributed by atoms with Crippen molar-refractivity contribution in [1.82, 2.24) is 5.32 Å². The predicted molar refractivity (Wildman–Crippen MR) is 61.2 cm³/mol. The first-order valence-corrected chi connectivity index (χ1v) is 5.76. The highest BCUT2D eigenvalue weighted by molar-refractivity contribution is 5.80. The highest BCUT2D eigenvalue weighted by atomic mass is 16.2. The SMILES string of the molecule is C[C@@H](CN)NC(=O)C1CCCCC1(C)N. The lowest BCUT2D eigenvalue weighted by Gasteiger charge is -2.37. The van der Waals surface area contributed by atoms with Crippen LogP contribution in [-0.2, 0) is 4.79 Å². The highest BCUT2D eigenvalue weighted by Gasteiger charge is 2.37. The molecule has 1 rings (SSSR count). The number of nitrogens with one attached hydrogen (secondary N) is 1. The fourth-order valence-corrected chi connectivity index (χ4v) is 2.19. The maximum atomic E-state index is 11.9. The first-order chi connectivity index (χ1) is 6.97. The molecule has 0 radical (unpaired) electrons. The molecule has 4 nitrogen and oxygen atoms in total. The van der Waals surface area contributed by atoms with Gasteiger partial charge in [-0.25, -0.2) is 0 Å². The molecule has 1 fully saturated rings. The summed E-state index contributed by atoms with van der Waals surface area (Å²) in [5.41, 5.74) is 11.3. The molecule has 1 aliphatic rings. The number of rotatable bonds is 3. The van der Waals surface area contributed by atoms with Crippen LogP contribution in [0.4, 0.5) is 0 Å². The summed E-state index contributed by atoms with van der Waals surface area (Å²) in [6.45, 7) is 4.36. The van der Waals surface area contributed by atoms with E-state index in [-0.39, 0.29) is 23.4 Å². The van der Waals surface area contributed by atoms with Gasteiger partial charge in [0.15, 0.2) is 0 Å². The minimum Gasteiger partial charge on any atom is -0.352 e. The number of hydrogen-bond acceptors (Lipinski definition) is 3. The van der Waals surface area contributed by atoms with Crippen molar-refractivity contribution in [2.75, 3.05) is 6.54 Å². The fraction of sp³-hybridized carbons (Fsp3) is 0.909. The molecule has 0 bridgehead atoms. The van der Waals surface area contributed by atoms with Crippen LogP contribution in [0.2, 0.25) is 0 Å².